The van der Waals surface area contributed by atoms with Gasteiger partial charge in [0.15, 0.2) is 6.29 Å². The number of halogens is 4. The molecule has 2 nitrogen and oxygen atoms in total. The van der Waals surface area contributed by atoms with E-state index in [4.69, 9.17) is 11.6 Å². The quantitative estimate of drug-likeness (QED) is 0.718. The largest absolute Gasteiger partial charge is 0.432 e. The van der Waals surface area contributed by atoms with Crippen molar-refractivity contribution in [3.63, 3.8) is 0 Å². The molecule has 0 radical (unpaired) electrons. The molecule has 2 aromatic rings. The predicted molar refractivity (Wildman–Crippen MR) is 58.3 cm³/mol. The van der Waals surface area contributed by atoms with E-state index in [2.05, 4.69) is 0 Å². The van der Waals surface area contributed by atoms with Gasteiger partial charge in [-0.2, -0.15) is 13.2 Å². The maximum Gasteiger partial charge on any atom is 0.432 e. The molecular weight excluding hydrogens is 255 g/mol. The van der Waals surface area contributed by atoms with Crippen molar-refractivity contribution in [1.29, 1.82) is 0 Å². The van der Waals surface area contributed by atoms with Crippen molar-refractivity contribution in [2.24, 2.45) is 7.05 Å². The number of rotatable bonds is 1. The molecule has 1 aromatic heterocycles. The molecule has 0 unspecified atom stereocenters. The molecule has 0 aliphatic carbocycles. The van der Waals surface area contributed by atoms with Crippen LogP contribution in [0.1, 0.15) is 16.1 Å². The van der Waals surface area contributed by atoms with Crippen LogP contribution in [0.4, 0.5) is 13.2 Å². The average molecular weight is 262 g/mol. The molecule has 0 aliphatic rings. The number of benzene rings is 1. The van der Waals surface area contributed by atoms with Crippen LogP contribution in [0.25, 0.3) is 10.9 Å². The Kier molecular flexibility index (Phi) is 2.66. The van der Waals surface area contributed by atoms with Gasteiger partial charge in [0.2, 0.25) is 0 Å². The van der Waals surface area contributed by atoms with Gasteiger partial charge in [0.05, 0.1) is 10.5 Å². The van der Waals surface area contributed by atoms with Gasteiger partial charge in [0.1, 0.15) is 5.69 Å². The summed E-state index contributed by atoms with van der Waals surface area (Å²) in [6.07, 6.45) is -4.06. The summed E-state index contributed by atoms with van der Waals surface area (Å²) in [7, 11) is 1.27. The standard InChI is InChI=1S/C11H7ClF3NO/c1-16-7-4-2-3-6(5-17)8(7)9(12)10(16)11(13,14)15/h2-5H,1H3. The monoisotopic (exact) mass is 261 g/mol. The van der Waals surface area contributed by atoms with Crippen LogP contribution in [0.5, 0.6) is 0 Å². The fourth-order valence-electron chi connectivity index (χ4n) is 1.88. The summed E-state index contributed by atoms with van der Waals surface area (Å²) < 4.78 is 39.3. The van der Waals surface area contributed by atoms with E-state index in [1.807, 2.05) is 0 Å². The third kappa shape index (κ3) is 1.70. The molecular formula is C11H7ClF3NO. The van der Waals surface area contributed by atoms with E-state index >= 15 is 0 Å². The highest BCUT2D eigenvalue weighted by Gasteiger charge is 2.38. The Balaban J connectivity index is 2.95. The average Bonchev–Trinajstić information content (AvgIpc) is 2.51. The first-order valence-electron chi connectivity index (χ1n) is 4.67. The van der Waals surface area contributed by atoms with Crippen molar-refractivity contribution < 1.29 is 18.0 Å². The number of hydrogen-bond acceptors (Lipinski definition) is 1. The van der Waals surface area contributed by atoms with E-state index in [0.717, 1.165) is 4.57 Å². The van der Waals surface area contributed by atoms with Crippen LogP contribution in [-0.2, 0) is 13.2 Å². The molecule has 1 heterocycles. The zero-order valence-electron chi connectivity index (χ0n) is 8.68. The van der Waals surface area contributed by atoms with E-state index in [1.165, 1.54) is 25.2 Å². The van der Waals surface area contributed by atoms with Crippen LogP contribution >= 0.6 is 11.6 Å². The third-order valence-corrected chi connectivity index (χ3v) is 2.96. The highest BCUT2D eigenvalue weighted by molar-refractivity contribution is 6.37. The zero-order chi connectivity index (χ0) is 12.8. The minimum atomic E-state index is -4.55. The molecule has 0 spiro atoms. The van der Waals surface area contributed by atoms with Gasteiger partial charge < -0.3 is 4.57 Å². The minimum Gasteiger partial charge on any atom is -0.339 e. The predicted octanol–water partition coefficient (Wildman–Crippen LogP) is 3.66. The second-order valence-electron chi connectivity index (χ2n) is 3.58. The Labute approximate surface area is 99.6 Å². The molecule has 2 rings (SSSR count). The molecule has 0 bridgehead atoms. The highest BCUT2D eigenvalue weighted by Crippen LogP contribution is 2.41. The fraction of sp³-hybridized carbons (Fsp3) is 0.182. The number of aldehydes is 1. The summed E-state index contributed by atoms with van der Waals surface area (Å²) in [6, 6.07) is 4.44. The van der Waals surface area contributed by atoms with E-state index in [1.54, 1.807) is 0 Å². The van der Waals surface area contributed by atoms with Crippen molar-refractivity contribution in [3.05, 3.63) is 34.5 Å². The van der Waals surface area contributed by atoms with Crippen molar-refractivity contribution in [1.82, 2.24) is 4.57 Å². The van der Waals surface area contributed by atoms with Crippen LogP contribution in [0.15, 0.2) is 18.2 Å². The van der Waals surface area contributed by atoms with Gasteiger partial charge in [-0.3, -0.25) is 4.79 Å². The van der Waals surface area contributed by atoms with Gasteiger partial charge in [-0.15, -0.1) is 0 Å². The lowest BCUT2D eigenvalue weighted by Gasteiger charge is -2.08. The zero-order valence-corrected chi connectivity index (χ0v) is 9.43. The number of alkyl halides is 3. The fourth-order valence-corrected chi connectivity index (χ4v) is 2.31. The number of hydrogen-bond donors (Lipinski definition) is 0. The summed E-state index contributed by atoms with van der Waals surface area (Å²) >= 11 is 5.73. The summed E-state index contributed by atoms with van der Waals surface area (Å²) in [4.78, 5) is 10.8. The van der Waals surface area contributed by atoms with Gasteiger partial charge in [-0.25, -0.2) is 0 Å². The minimum absolute atomic E-state index is 0.138. The Hall–Kier alpha value is -1.49. The number of fused-ring (bicyclic) bond motifs is 1. The van der Waals surface area contributed by atoms with Crippen molar-refractivity contribution >= 4 is 28.8 Å². The van der Waals surface area contributed by atoms with E-state index < -0.39 is 16.9 Å². The van der Waals surface area contributed by atoms with Crippen molar-refractivity contribution in [2.45, 2.75) is 6.18 Å². The normalized spacial score (nSPS) is 12.1. The van der Waals surface area contributed by atoms with Gasteiger partial charge in [0, 0.05) is 18.0 Å². The molecule has 1 aromatic carbocycles. The summed E-state index contributed by atoms with van der Waals surface area (Å²) in [5.74, 6) is 0. The first-order chi connectivity index (χ1) is 7.88. The third-order valence-electron chi connectivity index (χ3n) is 2.59. The molecule has 0 amide bonds. The molecule has 0 N–H and O–H groups in total. The summed E-state index contributed by atoms with van der Waals surface area (Å²) in [5, 5.41) is -0.295. The maximum atomic E-state index is 12.8. The highest BCUT2D eigenvalue weighted by atomic mass is 35.5. The van der Waals surface area contributed by atoms with Gasteiger partial charge in [-0.05, 0) is 6.07 Å². The Bertz CT molecular complexity index is 601. The smallest absolute Gasteiger partial charge is 0.339 e. The number of aromatic nitrogens is 1. The Morgan fingerprint density at radius 3 is 2.53 bits per heavy atom. The number of nitrogens with zero attached hydrogens (tertiary/aromatic N) is 1. The van der Waals surface area contributed by atoms with E-state index in [9.17, 15) is 18.0 Å². The summed E-state index contributed by atoms with van der Waals surface area (Å²) in [6.45, 7) is 0. The van der Waals surface area contributed by atoms with E-state index in [0.29, 0.717) is 6.29 Å². The molecule has 17 heavy (non-hydrogen) atoms. The molecule has 0 fully saturated rings. The molecule has 0 atom stereocenters. The Morgan fingerprint density at radius 2 is 2.00 bits per heavy atom. The number of aryl methyl sites for hydroxylation is 1. The maximum absolute atomic E-state index is 12.8. The van der Waals surface area contributed by atoms with Gasteiger partial charge >= 0.3 is 6.18 Å². The van der Waals surface area contributed by atoms with Crippen LogP contribution in [-0.4, -0.2) is 10.9 Å². The second kappa shape index (κ2) is 3.77. The lowest BCUT2D eigenvalue weighted by molar-refractivity contribution is -0.142. The SMILES string of the molecule is Cn1c(C(F)(F)F)c(Cl)c2c(C=O)cccc21. The van der Waals surface area contributed by atoms with Crippen LogP contribution in [0.2, 0.25) is 5.02 Å². The lowest BCUT2D eigenvalue weighted by atomic mass is 10.1. The van der Waals surface area contributed by atoms with Gasteiger partial charge in [-0.1, -0.05) is 23.7 Å². The van der Waals surface area contributed by atoms with E-state index in [-0.39, 0.29) is 16.5 Å². The molecule has 0 aliphatic heterocycles. The molecule has 0 saturated carbocycles. The first kappa shape index (κ1) is 12.0. The molecule has 90 valence electrons. The molecule has 6 heteroatoms. The molecule has 0 saturated heterocycles. The van der Waals surface area contributed by atoms with Crippen LogP contribution in [0, 0.1) is 0 Å². The van der Waals surface area contributed by atoms with Crippen molar-refractivity contribution in [3.8, 4) is 0 Å². The topological polar surface area (TPSA) is 22.0 Å². The Morgan fingerprint density at radius 1 is 1.35 bits per heavy atom. The number of carbonyl (C=O) groups is 1. The lowest BCUT2D eigenvalue weighted by Crippen LogP contribution is -2.11. The van der Waals surface area contributed by atoms with Crippen molar-refractivity contribution in [2.75, 3.05) is 0 Å². The number of carbonyl (C=O) groups excluding carboxylic acids is 1. The van der Waals surface area contributed by atoms with Gasteiger partial charge in [0.25, 0.3) is 0 Å². The summed E-state index contributed by atoms with van der Waals surface area (Å²) in [5.41, 5.74) is -0.506. The van der Waals surface area contributed by atoms with Crippen LogP contribution < -0.4 is 0 Å². The van der Waals surface area contributed by atoms with Crippen LogP contribution in [0.3, 0.4) is 0 Å². The second-order valence-corrected chi connectivity index (χ2v) is 3.96. The first-order valence-corrected chi connectivity index (χ1v) is 5.05.